The van der Waals surface area contributed by atoms with E-state index in [0.717, 1.165) is 18.5 Å². The number of ether oxygens (including phenoxy) is 1. The third kappa shape index (κ3) is 3.29. The maximum Gasteiger partial charge on any atom is 0.119 e. The molecular formula is C13H20FNO. The van der Waals surface area contributed by atoms with Crippen LogP contribution in [-0.4, -0.2) is 25.8 Å². The van der Waals surface area contributed by atoms with Crippen LogP contribution in [0.4, 0.5) is 4.39 Å². The van der Waals surface area contributed by atoms with Gasteiger partial charge < -0.3 is 10.1 Å². The van der Waals surface area contributed by atoms with E-state index in [4.69, 9.17) is 4.74 Å². The van der Waals surface area contributed by atoms with Gasteiger partial charge >= 0.3 is 0 Å². The SMILES string of the molecule is C=CC1=C(C(=C)F)CCOC1CNCCC. The summed E-state index contributed by atoms with van der Waals surface area (Å²) in [5.74, 6) is -0.362. The number of hydrogen-bond donors (Lipinski definition) is 1. The van der Waals surface area contributed by atoms with Crippen LogP contribution in [0.25, 0.3) is 0 Å². The van der Waals surface area contributed by atoms with Gasteiger partial charge in [-0.3, -0.25) is 0 Å². The zero-order valence-corrected chi connectivity index (χ0v) is 9.89. The molecule has 0 aliphatic carbocycles. The highest BCUT2D eigenvalue weighted by Crippen LogP contribution is 2.27. The highest BCUT2D eigenvalue weighted by molar-refractivity contribution is 5.39. The van der Waals surface area contributed by atoms with E-state index in [9.17, 15) is 4.39 Å². The molecule has 1 heterocycles. The van der Waals surface area contributed by atoms with Crippen molar-refractivity contribution in [3.63, 3.8) is 0 Å². The average molecular weight is 225 g/mol. The fraction of sp³-hybridized carbons (Fsp3) is 0.538. The summed E-state index contributed by atoms with van der Waals surface area (Å²) in [5, 5.41) is 3.27. The van der Waals surface area contributed by atoms with Crippen LogP contribution in [0.1, 0.15) is 19.8 Å². The van der Waals surface area contributed by atoms with Crippen molar-refractivity contribution in [2.75, 3.05) is 19.7 Å². The van der Waals surface area contributed by atoms with Crippen LogP contribution in [0.5, 0.6) is 0 Å². The Morgan fingerprint density at radius 3 is 3.00 bits per heavy atom. The second-order valence-corrected chi connectivity index (χ2v) is 3.86. The van der Waals surface area contributed by atoms with Gasteiger partial charge in [-0.05, 0) is 30.5 Å². The molecule has 0 saturated heterocycles. The Balaban J connectivity index is 2.72. The summed E-state index contributed by atoms with van der Waals surface area (Å²) in [6.45, 7) is 11.4. The van der Waals surface area contributed by atoms with Crippen LogP contribution in [0.15, 0.2) is 36.2 Å². The number of rotatable bonds is 6. The first-order valence-electron chi connectivity index (χ1n) is 5.73. The van der Waals surface area contributed by atoms with Crippen LogP contribution in [0.3, 0.4) is 0 Å². The smallest absolute Gasteiger partial charge is 0.119 e. The minimum Gasteiger partial charge on any atom is -0.372 e. The van der Waals surface area contributed by atoms with Crippen molar-refractivity contribution in [1.82, 2.24) is 5.32 Å². The van der Waals surface area contributed by atoms with Crippen molar-refractivity contribution in [1.29, 1.82) is 0 Å². The quantitative estimate of drug-likeness (QED) is 0.702. The summed E-state index contributed by atoms with van der Waals surface area (Å²) >= 11 is 0. The molecule has 0 radical (unpaired) electrons. The van der Waals surface area contributed by atoms with Gasteiger partial charge in [-0.1, -0.05) is 26.2 Å². The summed E-state index contributed by atoms with van der Waals surface area (Å²) in [6, 6.07) is 0. The van der Waals surface area contributed by atoms with E-state index in [1.54, 1.807) is 6.08 Å². The van der Waals surface area contributed by atoms with E-state index in [2.05, 4.69) is 25.4 Å². The number of allylic oxidation sites excluding steroid dienone is 1. The lowest BCUT2D eigenvalue weighted by atomic mass is 9.97. The van der Waals surface area contributed by atoms with Crippen molar-refractivity contribution in [3.8, 4) is 0 Å². The summed E-state index contributed by atoms with van der Waals surface area (Å²) in [6.07, 6.45) is 3.24. The van der Waals surface area contributed by atoms with Crippen molar-refractivity contribution in [2.24, 2.45) is 0 Å². The van der Waals surface area contributed by atoms with Crippen LogP contribution >= 0.6 is 0 Å². The molecule has 0 bridgehead atoms. The van der Waals surface area contributed by atoms with Gasteiger partial charge in [0, 0.05) is 6.54 Å². The maximum atomic E-state index is 13.2. The van der Waals surface area contributed by atoms with Gasteiger partial charge in [-0.15, -0.1) is 0 Å². The van der Waals surface area contributed by atoms with E-state index in [0.29, 0.717) is 25.1 Å². The fourth-order valence-corrected chi connectivity index (χ4v) is 1.86. The molecule has 16 heavy (non-hydrogen) atoms. The molecule has 0 aromatic heterocycles. The van der Waals surface area contributed by atoms with Gasteiger partial charge in [0.15, 0.2) is 0 Å². The minimum absolute atomic E-state index is 0.0969. The van der Waals surface area contributed by atoms with Crippen molar-refractivity contribution < 1.29 is 9.13 Å². The van der Waals surface area contributed by atoms with Gasteiger partial charge in [-0.25, -0.2) is 4.39 Å². The Morgan fingerprint density at radius 1 is 1.69 bits per heavy atom. The Kier molecular flexibility index (Phi) is 5.43. The Hall–Kier alpha value is -0.930. The normalized spacial score (nSPS) is 21.0. The molecule has 0 aromatic rings. The zero-order chi connectivity index (χ0) is 12.0. The van der Waals surface area contributed by atoms with Crippen LogP contribution in [0, 0.1) is 0 Å². The van der Waals surface area contributed by atoms with Gasteiger partial charge in [0.1, 0.15) is 5.83 Å². The molecule has 1 rings (SSSR count). The highest BCUT2D eigenvalue weighted by atomic mass is 19.1. The van der Waals surface area contributed by atoms with Crippen LogP contribution in [0.2, 0.25) is 0 Å². The molecule has 0 fully saturated rings. The van der Waals surface area contributed by atoms with Crippen LogP contribution in [-0.2, 0) is 4.74 Å². The summed E-state index contributed by atoms with van der Waals surface area (Å²) in [4.78, 5) is 0. The van der Waals surface area contributed by atoms with Crippen molar-refractivity contribution >= 4 is 0 Å². The first-order valence-corrected chi connectivity index (χ1v) is 5.73. The molecule has 0 saturated carbocycles. The summed E-state index contributed by atoms with van der Waals surface area (Å²) in [5.41, 5.74) is 1.49. The van der Waals surface area contributed by atoms with Crippen LogP contribution < -0.4 is 5.32 Å². The topological polar surface area (TPSA) is 21.3 Å². The molecule has 0 spiro atoms. The standard InChI is InChI=1S/C13H20FNO/c1-4-7-15-9-13-11(5-2)12(10(3)14)6-8-16-13/h5,13,15H,2-4,6-9H2,1H3. The van der Waals surface area contributed by atoms with E-state index in [1.807, 2.05) is 0 Å². The number of halogens is 1. The van der Waals surface area contributed by atoms with Crippen molar-refractivity contribution in [2.45, 2.75) is 25.9 Å². The summed E-state index contributed by atoms with van der Waals surface area (Å²) in [7, 11) is 0. The molecule has 1 atom stereocenters. The first-order chi connectivity index (χ1) is 7.70. The summed E-state index contributed by atoms with van der Waals surface area (Å²) < 4.78 is 18.8. The van der Waals surface area contributed by atoms with E-state index >= 15 is 0 Å². The minimum atomic E-state index is -0.362. The molecule has 90 valence electrons. The lowest BCUT2D eigenvalue weighted by molar-refractivity contribution is 0.0700. The molecular weight excluding hydrogens is 205 g/mol. The van der Waals surface area contributed by atoms with Gasteiger partial charge in [0.25, 0.3) is 0 Å². The number of nitrogens with one attached hydrogen (secondary N) is 1. The molecule has 1 aliphatic heterocycles. The molecule has 3 heteroatoms. The molecule has 2 nitrogen and oxygen atoms in total. The average Bonchev–Trinajstić information content (AvgIpc) is 2.29. The fourth-order valence-electron chi connectivity index (χ4n) is 1.86. The molecule has 0 aromatic carbocycles. The highest BCUT2D eigenvalue weighted by Gasteiger charge is 2.22. The molecule has 1 unspecified atom stereocenters. The second-order valence-electron chi connectivity index (χ2n) is 3.86. The lowest BCUT2D eigenvalue weighted by Crippen LogP contribution is -2.34. The largest absolute Gasteiger partial charge is 0.372 e. The monoisotopic (exact) mass is 225 g/mol. The predicted molar refractivity (Wildman–Crippen MR) is 65.0 cm³/mol. The zero-order valence-electron chi connectivity index (χ0n) is 9.89. The van der Waals surface area contributed by atoms with Gasteiger partial charge in [0.05, 0.1) is 12.7 Å². The first kappa shape index (κ1) is 13.1. The third-order valence-corrected chi connectivity index (χ3v) is 2.67. The Bertz CT molecular complexity index is 296. The number of hydrogen-bond acceptors (Lipinski definition) is 2. The Morgan fingerprint density at radius 2 is 2.44 bits per heavy atom. The predicted octanol–water partition coefficient (Wildman–Crippen LogP) is 2.74. The second kappa shape index (κ2) is 6.61. The van der Waals surface area contributed by atoms with E-state index in [-0.39, 0.29) is 11.9 Å². The van der Waals surface area contributed by atoms with E-state index in [1.165, 1.54) is 0 Å². The third-order valence-electron chi connectivity index (χ3n) is 2.67. The van der Waals surface area contributed by atoms with Gasteiger partial charge in [-0.2, -0.15) is 0 Å². The molecule has 0 amide bonds. The molecule has 1 N–H and O–H groups in total. The lowest BCUT2D eigenvalue weighted by Gasteiger charge is -2.27. The molecule has 1 aliphatic rings. The van der Waals surface area contributed by atoms with Crippen molar-refractivity contribution in [3.05, 3.63) is 36.2 Å². The Labute approximate surface area is 96.9 Å². The maximum absolute atomic E-state index is 13.2. The van der Waals surface area contributed by atoms with E-state index < -0.39 is 0 Å². The van der Waals surface area contributed by atoms with Gasteiger partial charge in [0.2, 0.25) is 0 Å².